The van der Waals surface area contributed by atoms with Gasteiger partial charge in [0.05, 0.1) is 12.1 Å². The fourth-order valence-corrected chi connectivity index (χ4v) is 2.48. The summed E-state index contributed by atoms with van der Waals surface area (Å²) in [7, 11) is 0. The number of hydrogen-bond donors (Lipinski definition) is 3. The minimum atomic E-state index is -1.02. The van der Waals surface area contributed by atoms with E-state index in [2.05, 4.69) is 10.6 Å². The summed E-state index contributed by atoms with van der Waals surface area (Å²) in [5.41, 5.74) is 0.585. The molecule has 2 aromatic rings. The molecule has 6 heteroatoms. The second kappa shape index (κ2) is 6.21. The van der Waals surface area contributed by atoms with Gasteiger partial charge >= 0.3 is 12.0 Å². The van der Waals surface area contributed by atoms with Crippen molar-refractivity contribution in [2.75, 3.05) is 5.32 Å². The van der Waals surface area contributed by atoms with Crippen LogP contribution >= 0.6 is 11.3 Å². The van der Waals surface area contributed by atoms with Crippen LogP contribution in [0.5, 0.6) is 0 Å². The van der Waals surface area contributed by atoms with E-state index in [0.29, 0.717) is 12.2 Å². The SMILES string of the molecule is Cc1ccc(CNC(=O)Nc2cccc(C(=O)O)c2)s1. The van der Waals surface area contributed by atoms with Crippen molar-refractivity contribution in [3.05, 3.63) is 51.7 Å². The smallest absolute Gasteiger partial charge is 0.335 e. The number of aromatic carboxylic acids is 1. The van der Waals surface area contributed by atoms with E-state index in [1.165, 1.54) is 17.0 Å². The van der Waals surface area contributed by atoms with Crippen LogP contribution in [0.1, 0.15) is 20.1 Å². The Balaban J connectivity index is 1.91. The molecule has 0 fully saturated rings. The lowest BCUT2D eigenvalue weighted by atomic mass is 10.2. The van der Waals surface area contributed by atoms with Crippen molar-refractivity contribution >= 4 is 29.0 Å². The third-order valence-corrected chi connectivity index (χ3v) is 3.59. The van der Waals surface area contributed by atoms with Gasteiger partial charge in [0.1, 0.15) is 0 Å². The van der Waals surface area contributed by atoms with Crippen molar-refractivity contribution in [3.63, 3.8) is 0 Å². The first kappa shape index (κ1) is 14.1. The van der Waals surface area contributed by atoms with Crippen molar-refractivity contribution in [1.29, 1.82) is 0 Å². The third kappa shape index (κ3) is 3.83. The third-order valence-electron chi connectivity index (χ3n) is 2.59. The van der Waals surface area contributed by atoms with Gasteiger partial charge in [-0.05, 0) is 37.3 Å². The number of amides is 2. The molecule has 0 radical (unpaired) electrons. The Bertz CT molecular complexity index is 637. The maximum Gasteiger partial charge on any atom is 0.335 e. The Morgan fingerprint density at radius 2 is 2.05 bits per heavy atom. The van der Waals surface area contributed by atoms with Crippen LogP contribution < -0.4 is 10.6 Å². The van der Waals surface area contributed by atoms with Crippen molar-refractivity contribution in [2.24, 2.45) is 0 Å². The van der Waals surface area contributed by atoms with E-state index in [1.54, 1.807) is 23.5 Å². The molecule has 20 heavy (non-hydrogen) atoms. The van der Waals surface area contributed by atoms with Gasteiger partial charge in [0.2, 0.25) is 0 Å². The van der Waals surface area contributed by atoms with Crippen molar-refractivity contribution in [2.45, 2.75) is 13.5 Å². The van der Waals surface area contributed by atoms with Gasteiger partial charge in [-0.15, -0.1) is 11.3 Å². The average molecular weight is 290 g/mol. The number of carbonyl (C=O) groups excluding carboxylic acids is 1. The van der Waals surface area contributed by atoms with Crippen molar-refractivity contribution in [1.82, 2.24) is 5.32 Å². The number of aryl methyl sites for hydroxylation is 1. The van der Waals surface area contributed by atoms with Gasteiger partial charge in [0.15, 0.2) is 0 Å². The van der Waals surface area contributed by atoms with Crippen LogP contribution in [0.25, 0.3) is 0 Å². The number of carbonyl (C=O) groups is 2. The van der Waals surface area contributed by atoms with Gasteiger partial charge in [0, 0.05) is 15.4 Å². The molecule has 0 saturated heterocycles. The molecule has 0 bridgehead atoms. The Kier molecular flexibility index (Phi) is 4.37. The van der Waals surface area contributed by atoms with Crippen LogP contribution in [0.3, 0.4) is 0 Å². The normalized spacial score (nSPS) is 10.1. The van der Waals surface area contributed by atoms with Gasteiger partial charge < -0.3 is 15.7 Å². The molecule has 104 valence electrons. The number of thiophene rings is 1. The Morgan fingerprint density at radius 3 is 2.70 bits per heavy atom. The topological polar surface area (TPSA) is 78.4 Å². The Morgan fingerprint density at radius 1 is 1.25 bits per heavy atom. The number of rotatable bonds is 4. The molecule has 0 saturated carbocycles. The number of urea groups is 1. The highest BCUT2D eigenvalue weighted by molar-refractivity contribution is 7.11. The summed E-state index contributed by atoms with van der Waals surface area (Å²) in [5.74, 6) is -1.02. The maximum absolute atomic E-state index is 11.7. The highest BCUT2D eigenvalue weighted by atomic mass is 32.1. The van der Waals surface area contributed by atoms with E-state index in [0.717, 1.165) is 4.88 Å². The molecular formula is C14H14N2O3S. The predicted molar refractivity (Wildman–Crippen MR) is 78.3 cm³/mol. The lowest BCUT2D eigenvalue weighted by Crippen LogP contribution is -2.27. The quantitative estimate of drug-likeness (QED) is 0.809. The van der Waals surface area contributed by atoms with Crippen LogP contribution in [0.4, 0.5) is 10.5 Å². The molecule has 3 N–H and O–H groups in total. The summed E-state index contributed by atoms with van der Waals surface area (Å²) in [6.07, 6.45) is 0. The number of carboxylic acid groups (broad SMARTS) is 1. The molecule has 0 atom stereocenters. The first-order valence-electron chi connectivity index (χ1n) is 5.98. The van der Waals surface area contributed by atoms with Gasteiger partial charge in [-0.25, -0.2) is 9.59 Å². The van der Waals surface area contributed by atoms with Gasteiger partial charge in [-0.1, -0.05) is 6.07 Å². The van der Waals surface area contributed by atoms with Crippen LogP contribution in [-0.4, -0.2) is 17.1 Å². The van der Waals surface area contributed by atoms with Crippen LogP contribution in [0, 0.1) is 6.92 Å². The molecule has 1 aromatic heterocycles. The van der Waals surface area contributed by atoms with Gasteiger partial charge in [0.25, 0.3) is 0 Å². The fraction of sp³-hybridized carbons (Fsp3) is 0.143. The molecule has 0 spiro atoms. The lowest BCUT2D eigenvalue weighted by molar-refractivity contribution is 0.0697. The van der Waals surface area contributed by atoms with Crippen molar-refractivity contribution in [3.8, 4) is 0 Å². The summed E-state index contributed by atoms with van der Waals surface area (Å²) >= 11 is 1.62. The Hall–Kier alpha value is -2.34. The number of hydrogen-bond acceptors (Lipinski definition) is 3. The zero-order valence-electron chi connectivity index (χ0n) is 10.8. The monoisotopic (exact) mass is 290 g/mol. The van der Waals surface area contributed by atoms with Crippen molar-refractivity contribution < 1.29 is 14.7 Å². The molecule has 0 aliphatic heterocycles. The first-order chi connectivity index (χ1) is 9.54. The molecule has 1 aromatic carbocycles. The molecule has 0 unspecified atom stereocenters. The number of benzene rings is 1. The molecule has 0 aliphatic carbocycles. The lowest BCUT2D eigenvalue weighted by Gasteiger charge is -2.07. The van der Waals surface area contributed by atoms with Gasteiger partial charge in [-0.3, -0.25) is 0 Å². The fourth-order valence-electron chi connectivity index (χ4n) is 1.65. The second-order valence-corrected chi connectivity index (χ2v) is 5.58. The second-order valence-electron chi connectivity index (χ2n) is 4.21. The summed E-state index contributed by atoms with van der Waals surface area (Å²) in [6.45, 7) is 2.45. The largest absolute Gasteiger partial charge is 0.478 e. The van der Waals surface area contributed by atoms with E-state index in [9.17, 15) is 9.59 Å². The molecule has 5 nitrogen and oxygen atoms in total. The van der Waals surface area contributed by atoms with E-state index < -0.39 is 5.97 Å². The number of carboxylic acids is 1. The van der Waals surface area contributed by atoms with Crippen LogP contribution in [-0.2, 0) is 6.54 Å². The number of anilines is 1. The highest BCUT2D eigenvalue weighted by Gasteiger charge is 2.06. The highest BCUT2D eigenvalue weighted by Crippen LogP contribution is 2.14. The summed E-state index contributed by atoms with van der Waals surface area (Å²) in [5, 5.41) is 14.2. The summed E-state index contributed by atoms with van der Waals surface area (Å²) in [6, 6.07) is 9.71. The average Bonchev–Trinajstić information content (AvgIpc) is 2.82. The van der Waals surface area contributed by atoms with E-state index in [1.807, 2.05) is 19.1 Å². The standard InChI is InChI=1S/C14H14N2O3S/c1-9-5-6-12(20-9)8-15-14(19)16-11-4-2-3-10(7-11)13(17)18/h2-7H,8H2,1H3,(H,17,18)(H2,15,16,19). The first-order valence-corrected chi connectivity index (χ1v) is 6.80. The van der Waals surface area contributed by atoms with Gasteiger partial charge in [-0.2, -0.15) is 0 Å². The van der Waals surface area contributed by atoms with E-state index >= 15 is 0 Å². The zero-order chi connectivity index (χ0) is 14.5. The molecule has 1 heterocycles. The summed E-state index contributed by atoms with van der Waals surface area (Å²) < 4.78 is 0. The molecule has 2 rings (SSSR count). The predicted octanol–water partition coefficient (Wildman–Crippen LogP) is 3.08. The van der Waals surface area contributed by atoms with Crippen LogP contribution in [0.2, 0.25) is 0 Å². The molecule has 2 amide bonds. The van der Waals surface area contributed by atoms with Crippen LogP contribution in [0.15, 0.2) is 36.4 Å². The summed E-state index contributed by atoms with van der Waals surface area (Å²) in [4.78, 5) is 24.8. The molecular weight excluding hydrogens is 276 g/mol. The van der Waals surface area contributed by atoms with E-state index in [-0.39, 0.29) is 11.6 Å². The van der Waals surface area contributed by atoms with E-state index in [4.69, 9.17) is 5.11 Å². The zero-order valence-corrected chi connectivity index (χ0v) is 11.7. The minimum Gasteiger partial charge on any atom is -0.478 e. The number of nitrogens with one attached hydrogen (secondary N) is 2. The minimum absolute atomic E-state index is 0.136. The molecule has 0 aliphatic rings. The maximum atomic E-state index is 11.7. The Labute approximate surface area is 120 Å².